The van der Waals surface area contributed by atoms with Crippen LogP contribution < -0.4 is 10.1 Å². The minimum atomic E-state index is -3.92. The second kappa shape index (κ2) is 14.3. The second-order valence-electron chi connectivity index (χ2n) is 9.21. The van der Waals surface area contributed by atoms with Crippen molar-refractivity contribution < 1.29 is 28.2 Å². The molecule has 0 aliphatic heterocycles. The van der Waals surface area contributed by atoms with Crippen molar-refractivity contribution in [2.24, 2.45) is 5.92 Å². The molecular formula is C27H40N2O6S. The van der Waals surface area contributed by atoms with Crippen LogP contribution in [-0.4, -0.2) is 67.3 Å². The molecule has 36 heavy (non-hydrogen) atoms. The van der Waals surface area contributed by atoms with Gasteiger partial charge in [-0.15, -0.1) is 0 Å². The Labute approximate surface area is 215 Å². The summed E-state index contributed by atoms with van der Waals surface area (Å²) in [5, 5.41) is 24.0. The van der Waals surface area contributed by atoms with Crippen LogP contribution in [0.2, 0.25) is 0 Å². The van der Waals surface area contributed by atoms with E-state index in [1.54, 1.807) is 19.1 Å². The van der Waals surface area contributed by atoms with Gasteiger partial charge in [0, 0.05) is 13.1 Å². The highest BCUT2D eigenvalue weighted by Crippen LogP contribution is 2.22. The lowest BCUT2D eigenvalue weighted by atomic mass is 10.00. The van der Waals surface area contributed by atoms with Crippen molar-refractivity contribution >= 4 is 15.9 Å². The molecular weight excluding hydrogens is 480 g/mol. The van der Waals surface area contributed by atoms with Gasteiger partial charge in [0.2, 0.25) is 15.9 Å². The van der Waals surface area contributed by atoms with E-state index in [0.29, 0.717) is 18.6 Å². The fourth-order valence-electron chi connectivity index (χ4n) is 3.76. The fourth-order valence-corrected chi connectivity index (χ4v) is 5.33. The van der Waals surface area contributed by atoms with Crippen LogP contribution in [0.15, 0.2) is 59.5 Å². The number of benzene rings is 2. The van der Waals surface area contributed by atoms with Gasteiger partial charge < -0.3 is 20.3 Å². The predicted octanol–water partition coefficient (Wildman–Crippen LogP) is 2.98. The number of hydrogen-bond donors (Lipinski definition) is 3. The number of sulfonamides is 1. The summed E-state index contributed by atoms with van der Waals surface area (Å²) in [6.07, 6.45) is -0.529. The molecule has 2 aromatic rings. The molecule has 3 N–H and O–H groups in total. The lowest BCUT2D eigenvalue weighted by Gasteiger charge is -2.31. The van der Waals surface area contributed by atoms with Gasteiger partial charge in [0.25, 0.3) is 0 Å². The molecule has 0 unspecified atom stereocenters. The first-order valence-electron chi connectivity index (χ1n) is 12.4. The van der Waals surface area contributed by atoms with E-state index in [9.17, 15) is 23.4 Å². The third kappa shape index (κ3) is 8.89. The zero-order chi connectivity index (χ0) is 26.7. The van der Waals surface area contributed by atoms with E-state index < -0.39 is 34.2 Å². The summed E-state index contributed by atoms with van der Waals surface area (Å²) >= 11 is 0. The van der Waals surface area contributed by atoms with E-state index >= 15 is 0 Å². The molecule has 1 amide bonds. The number of ether oxygens (including phenoxy) is 1. The second-order valence-corrected chi connectivity index (χ2v) is 11.1. The fraction of sp³-hybridized carbons (Fsp3) is 0.519. The number of rotatable bonds is 15. The normalized spacial score (nSPS) is 15.2. The third-order valence-electron chi connectivity index (χ3n) is 6.30. The molecule has 0 aliphatic rings. The quantitative estimate of drug-likeness (QED) is 0.333. The molecule has 0 heterocycles. The lowest BCUT2D eigenvalue weighted by Crippen LogP contribution is -2.51. The van der Waals surface area contributed by atoms with Crippen LogP contribution in [0.4, 0.5) is 0 Å². The molecule has 0 bridgehead atoms. The summed E-state index contributed by atoms with van der Waals surface area (Å²) in [6, 6.07) is 14.8. The van der Waals surface area contributed by atoms with E-state index in [1.165, 1.54) is 23.5 Å². The van der Waals surface area contributed by atoms with Crippen molar-refractivity contribution in [3.8, 4) is 5.75 Å². The highest BCUT2D eigenvalue weighted by molar-refractivity contribution is 7.89. The molecule has 0 fully saturated rings. The van der Waals surface area contributed by atoms with Crippen LogP contribution in [0.1, 0.15) is 45.6 Å². The Hall–Kier alpha value is -2.46. The van der Waals surface area contributed by atoms with E-state index in [2.05, 4.69) is 5.32 Å². The Morgan fingerprint density at radius 3 is 2.19 bits per heavy atom. The first-order chi connectivity index (χ1) is 17.1. The van der Waals surface area contributed by atoms with E-state index in [0.717, 1.165) is 12.0 Å². The van der Waals surface area contributed by atoms with Gasteiger partial charge in [-0.2, -0.15) is 4.31 Å². The maximum absolute atomic E-state index is 13.6. The Morgan fingerprint density at radius 1 is 1.00 bits per heavy atom. The number of aliphatic hydroxyl groups excluding tert-OH is 2. The average molecular weight is 521 g/mol. The molecule has 0 radical (unpaired) electrons. The number of nitrogens with one attached hydrogen (secondary N) is 1. The van der Waals surface area contributed by atoms with Gasteiger partial charge in [0.05, 0.1) is 36.7 Å². The molecule has 9 heteroatoms. The summed E-state index contributed by atoms with van der Waals surface area (Å²) in [7, 11) is -2.41. The van der Waals surface area contributed by atoms with E-state index in [-0.39, 0.29) is 30.3 Å². The SMILES string of the molecule is CC[C@H](C)CN(C[C@@H](O)[C@H](Cc1ccccc1)NC(=O)C[C@H](O)CC)S(=O)(=O)c1ccc(OC)cc1. The third-order valence-corrected chi connectivity index (χ3v) is 8.15. The number of methoxy groups -OCH3 is 1. The molecule has 0 saturated heterocycles. The first kappa shape index (κ1) is 29.8. The molecule has 2 rings (SSSR count). The van der Waals surface area contributed by atoms with Crippen LogP contribution in [0.25, 0.3) is 0 Å². The summed E-state index contributed by atoms with van der Waals surface area (Å²) < 4.78 is 33.6. The van der Waals surface area contributed by atoms with Crippen molar-refractivity contribution in [1.82, 2.24) is 9.62 Å². The molecule has 8 nitrogen and oxygen atoms in total. The minimum Gasteiger partial charge on any atom is -0.497 e. The molecule has 0 aliphatic carbocycles. The minimum absolute atomic E-state index is 0.0621. The zero-order valence-electron chi connectivity index (χ0n) is 21.6. The number of carbonyl (C=O) groups excluding carboxylic acids is 1. The van der Waals surface area contributed by atoms with Crippen LogP contribution in [0.3, 0.4) is 0 Å². The summed E-state index contributed by atoms with van der Waals surface area (Å²) in [5.74, 6) is 0.213. The van der Waals surface area contributed by atoms with Crippen LogP contribution in [0.5, 0.6) is 5.75 Å². The maximum atomic E-state index is 13.6. The average Bonchev–Trinajstić information content (AvgIpc) is 2.88. The Balaban J connectivity index is 2.32. The Bertz CT molecular complexity index is 1030. The topological polar surface area (TPSA) is 116 Å². The van der Waals surface area contributed by atoms with Gasteiger partial charge in [-0.05, 0) is 48.6 Å². The van der Waals surface area contributed by atoms with Crippen LogP contribution >= 0.6 is 0 Å². The molecule has 0 saturated carbocycles. The van der Waals surface area contributed by atoms with E-state index in [1.807, 2.05) is 44.2 Å². The number of hydrogen-bond acceptors (Lipinski definition) is 6. The monoisotopic (exact) mass is 520 g/mol. The molecule has 0 aromatic heterocycles. The molecule has 4 atom stereocenters. The highest BCUT2D eigenvalue weighted by atomic mass is 32.2. The summed E-state index contributed by atoms with van der Waals surface area (Å²) in [4.78, 5) is 12.7. The van der Waals surface area contributed by atoms with Gasteiger partial charge >= 0.3 is 0 Å². The number of nitrogens with zero attached hydrogens (tertiary/aromatic N) is 1. The number of aliphatic hydroxyl groups is 2. The van der Waals surface area contributed by atoms with Gasteiger partial charge in [-0.1, -0.05) is 57.5 Å². The van der Waals surface area contributed by atoms with Gasteiger partial charge in [0.15, 0.2) is 0 Å². The predicted molar refractivity (Wildman–Crippen MR) is 140 cm³/mol. The van der Waals surface area contributed by atoms with Crippen LogP contribution in [0, 0.1) is 5.92 Å². The van der Waals surface area contributed by atoms with Crippen LogP contribution in [-0.2, 0) is 21.2 Å². The van der Waals surface area contributed by atoms with Crippen molar-refractivity contribution in [3.63, 3.8) is 0 Å². The van der Waals surface area contributed by atoms with Gasteiger partial charge in [-0.3, -0.25) is 4.79 Å². The van der Waals surface area contributed by atoms with Crippen molar-refractivity contribution in [2.75, 3.05) is 20.2 Å². The summed E-state index contributed by atoms with van der Waals surface area (Å²) in [6.45, 7) is 5.76. The molecule has 200 valence electrons. The number of amides is 1. The smallest absolute Gasteiger partial charge is 0.243 e. The Morgan fingerprint density at radius 2 is 1.64 bits per heavy atom. The zero-order valence-corrected chi connectivity index (χ0v) is 22.4. The van der Waals surface area contributed by atoms with Gasteiger partial charge in [0.1, 0.15) is 5.75 Å². The largest absolute Gasteiger partial charge is 0.497 e. The first-order valence-corrected chi connectivity index (χ1v) is 13.9. The standard InChI is InChI=1S/C27H40N2O6S/c1-5-20(3)18-29(36(33,34)24-14-12-23(35-4)13-15-24)19-26(31)25(16-21-10-8-7-9-11-21)28-27(32)17-22(30)6-2/h7-15,20,22,25-26,30-31H,5-6,16-19H2,1-4H3,(H,28,32)/t20-,22+,25-,26+/m0/s1. The number of carbonyl (C=O) groups is 1. The Kier molecular flexibility index (Phi) is 11.8. The van der Waals surface area contributed by atoms with Crippen molar-refractivity contribution in [1.29, 1.82) is 0 Å². The maximum Gasteiger partial charge on any atom is 0.243 e. The van der Waals surface area contributed by atoms with Crippen molar-refractivity contribution in [2.45, 2.75) is 69.6 Å². The summed E-state index contributed by atoms with van der Waals surface area (Å²) in [5.41, 5.74) is 0.893. The molecule has 2 aromatic carbocycles. The molecule has 0 spiro atoms. The van der Waals surface area contributed by atoms with Crippen molar-refractivity contribution in [3.05, 3.63) is 60.2 Å². The van der Waals surface area contributed by atoms with E-state index in [4.69, 9.17) is 4.74 Å². The lowest BCUT2D eigenvalue weighted by molar-refractivity contribution is -0.124. The highest BCUT2D eigenvalue weighted by Gasteiger charge is 2.31. The van der Waals surface area contributed by atoms with Gasteiger partial charge in [-0.25, -0.2) is 8.42 Å².